The second-order valence-corrected chi connectivity index (χ2v) is 4.80. The molecule has 0 saturated carbocycles. The van der Waals surface area contributed by atoms with Gasteiger partial charge in [0.2, 0.25) is 0 Å². The SMILES string of the molecule is CCCN(CC1CCNCC1)C[C@H](C)O. The third-order valence-corrected chi connectivity index (χ3v) is 3.04. The number of hydrogen-bond acceptors (Lipinski definition) is 3. The van der Waals surface area contributed by atoms with E-state index < -0.39 is 0 Å². The monoisotopic (exact) mass is 214 g/mol. The summed E-state index contributed by atoms with van der Waals surface area (Å²) >= 11 is 0. The Bertz CT molecular complexity index is 156. The van der Waals surface area contributed by atoms with Gasteiger partial charge in [-0.05, 0) is 51.7 Å². The quantitative estimate of drug-likeness (QED) is 0.694. The van der Waals surface area contributed by atoms with Crippen molar-refractivity contribution in [1.82, 2.24) is 10.2 Å². The van der Waals surface area contributed by atoms with Crippen molar-refractivity contribution in [2.75, 3.05) is 32.7 Å². The van der Waals surface area contributed by atoms with Crippen LogP contribution in [-0.2, 0) is 0 Å². The van der Waals surface area contributed by atoms with E-state index in [1.807, 2.05) is 6.92 Å². The number of aliphatic hydroxyl groups is 1. The van der Waals surface area contributed by atoms with Crippen LogP contribution in [0.5, 0.6) is 0 Å². The first kappa shape index (κ1) is 12.9. The molecule has 1 fully saturated rings. The molecule has 1 rings (SSSR count). The van der Waals surface area contributed by atoms with E-state index in [4.69, 9.17) is 0 Å². The zero-order valence-electron chi connectivity index (χ0n) is 10.2. The van der Waals surface area contributed by atoms with Crippen LogP contribution < -0.4 is 5.32 Å². The summed E-state index contributed by atoms with van der Waals surface area (Å²) in [5.41, 5.74) is 0. The Labute approximate surface area is 93.9 Å². The lowest BCUT2D eigenvalue weighted by Gasteiger charge is -2.30. The standard InChI is InChI=1S/C12H26N2O/c1-3-8-14(9-11(2)15)10-12-4-6-13-7-5-12/h11-13,15H,3-10H2,1-2H3/t11-/m0/s1. The molecule has 3 nitrogen and oxygen atoms in total. The van der Waals surface area contributed by atoms with Gasteiger partial charge in [-0.2, -0.15) is 0 Å². The Hall–Kier alpha value is -0.120. The molecular formula is C12H26N2O. The van der Waals surface area contributed by atoms with Crippen LogP contribution in [0.4, 0.5) is 0 Å². The molecule has 0 bridgehead atoms. The van der Waals surface area contributed by atoms with Crippen molar-refractivity contribution >= 4 is 0 Å². The number of nitrogens with zero attached hydrogens (tertiary/aromatic N) is 1. The lowest BCUT2D eigenvalue weighted by Crippen LogP contribution is -2.39. The highest BCUT2D eigenvalue weighted by molar-refractivity contribution is 4.73. The van der Waals surface area contributed by atoms with E-state index in [2.05, 4.69) is 17.1 Å². The number of piperidine rings is 1. The maximum atomic E-state index is 9.42. The largest absolute Gasteiger partial charge is 0.392 e. The summed E-state index contributed by atoms with van der Waals surface area (Å²) in [4.78, 5) is 2.42. The van der Waals surface area contributed by atoms with E-state index in [0.717, 1.165) is 19.0 Å². The number of nitrogens with one attached hydrogen (secondary N) is 1. The van der Waals surface area contributed by atoms with Gasteiger partial charge in [-0.25, -0.2) is 0 Å². The molecule has 1 aliphatic heterocycles. The van der Waals surface area contributed by atoms with Crippen molar-refractivity contribution in [3.8, 4) is 0 Å². The number of hydrogen-bond donors (Lipinski definition) is 2. The number of aliphatic hydroxyl groups excluding tert-OH is 1. The Morgan fingerprint density at radius 2 is 2.07 bits per heavy atom. The van der Waals surface area contributed by atoms with E-state index in [-0.39, 0.29) is 6.10 Å². The lowest BCUT2D eigenvalue weighted by molar-refractivity contribution is 0.110. The predicted molar refractivity (Wildman–Crippen MR) is 64.0 cm³/mol. The Kier molecular flexibility index (Phi) is 6.22. The molecule has 3 heteroatoms. The van der Waals surface area contributed by atoms with Gasteiger partial charge in [0.15, 0.2) is 0 Å². The highest BCUT2D eigenvalue weighted by atomic mass is 16.3. The zero-order valence-corrected chi connectivity index (χ0v) is 10.2. The maximum Gasteiger partial charge on any atom is 0.0639 e. The topological polar surface area (TPSA) is 35.5 Å². The molecule has 0 radical (unpaired) electrons. The minimum atomic E-state index is -0.196. The molecule has 0 aromatic rings. The van der Waals surface area contributed by atoms with Crippen LogP contribution in [0.2, 0.25) is 0 Å². The normalized spacial score (nSPS) is 20.8. The molecule has 0 unspecified atom stereocenters. The third-order valence-electron chi connectivity index (χ3n) is 3.04. The van der Waals surface area contributed by atoms with E-state index in [1.54, 1.807) is 0 Å². The Morgan fingerprint density at radius 3 is 2.60 bits per heavy atom. The molecule has 0 aliphatic carbocycles. The van der Waals surface area contributed by atoms with Crippen LogP contribution >= 0.6 is 0 Å². The molecule has 2 N–H and O–H groups in total. The van der Waals surface area contributed by atoms with Crippen molar-refractivity contribution in [2.45, 2.75) is 39.2 Å². The summed E-state index contributed by atoms with van der Waals surface area (Å²) in [6, 6.07) is 0. The van der Waals surface area contributed by atoms with Crippen molar-refractivity contribution in [2.24, 2.45) is 5.92 Å². The second-order valence-electron chi connectivity index (χ2n) is 4.80. The van der Waals surface area contributed by atoms with Crippen LogP contribution in [0, 0.1) is 5.92 Å². The smallest absolute Gasteiger partial charge is 0.0639 e. The summed E-state index contributed by atoms with van der Waals surface area (Å²) in [6.07, 6.45) is 3.57. The minimum Gasteiger partial charge on any atom is -0.392 e. The van der Waals surface area contributed by atoms with E-state index in [0.29, 0.717) is 0 Å². The Balaban J connectivity index is 2.28. The Morgan fingerprint density at radius 1 is 1.40 bits per heavy atom. The second kappa shape index (κ2) is 7.20. The average molecular weight is 214 g/mol. The highest BCUT2D eigenvalue weighted by Gasteiger charge is 2.17. The highest BCUT2D eigenvalue weighted by Crippen LogP contribution is 2.13. The summed E-state index contributed by atoms with van der Waals surface area (Å²) in [5.74, 6) is 0.830. The number of rotatable bonds is 6. The predicted octanol–water partition coefficient (Wildman–Crippen LogP) is 1.08. The van der Waals surface area contributed by atoms with Crippen molar-refractivity contribution in [1.29, 1.82) is 0 Å². The summed E-state index contributed by atoms with van der Waals surface area (Å²) < 4.78 is 0. The molecule has 0 spiro atoms. The van der Waals surface area contributed by atoms with Crippen molar-refractivity contribution in [3.05, 3.63) is 0 Å². The fraction of sp³-hybridized carbons (Fsp3) is 1.00. The molecule has 0 amide bonds. The molecule has 0 aromatic heterocycles. The van der Waals surface area contributed by atoms with Crippen LogP contribution in [-0.4, -0.2) is 48.8 Å². The minimum absolute atomic E-state index is 0.196. The fourth-order valence-electron chi connectivity index (χ4n) is 2.38. The van der Waals surface area contributed by atoms with E-state index >= 15 is 0 Å². The van der Waals surface area contributed by atoms with Crippen LogP contribution in [0.1, 0.15) is 33.1 Å². The van der Waals surface area contributed by atoms with Crippen LogP contribution in [0.25, 0.3) is 0 Å². The summed E-state index contributed by atoms with van der Waals surface area (Å²) in [5, 5.41) is 12.8. The van der Waals surface area contributed by atoms with Gasteiger partial charge in [0.1, 0.15) is 0 Å². The third kappa shape index (κ3) is 5.50. The van der Waals surface area contributed by atoms with Gasteiger partial charge >= 0.3 is 0 Å². The van der Waals surface area contributed by atoms with Gasteiger partial charge in [0.25, 0.3) is 0 Å². The molecule has 15 heavy (non-hydrogen) atoms. The summed E-state index contributed by atoms with van der Waals surface area (Å²) in [6.45, 7) is 9.54. The molecule has 90 valence electrons. The molecule has 1 heterocycles. The van der Waals surface area contributed by atoms with Crippen molar-refractivity contribution in [3.63, 3.8) is 0 Å². The van der Waals surface area contributed by atoms with Gasteiger partial charge in [0.05, 0.1) is 6.10 Å². The molecule has 1 atom stereocenters. The van der Waals surface area contributed by atoms with Gasteiger partial charge in [0, 0.05) is 13.1 Å². The lowest BCUT2D eigenvalue weighted by atomic mass is 9.97. The molecule has 1 saturated heterocycles. The van der Waals surface area contributed by atoms with Gasteiger partial charge in [-0.1, -0.05) is 6.92 Å². The first-order valence-corrected chi connectivity index (χ1v) is 6.33. The van der Waals surface area contributed by atoms with Gasteiger partial charge in [-0.15, -0.1) is 0 Å². The van der Waals surface area contributed by atoms with Crippen LogP contribution in [0.3, 0.4) is 0 Å². The maximum absolute atomic E-state index is 9.42. The van der Waals surface area contributed by atoms with E-state index in [9.17, 15) is 5.11 Å². The van der Waals surface area contributed by atoms with Gasteiger partial charge < -0.3 is 15.3 Å². The van der Waals surface area contributed by atoms with Crippen molar-refractivity contribution < 1.29 is 5.11 Å². The summed E-state index contributed by atoms with van der Waals surface area (Å²) in [7, 11) is 0. The first-order chi connectivity index (χ1) is 7.22. The molecular weight excluding hydrogens is 188 g/mol. The van der Waals surface area contributed by atoms with Gasteiger partial charge in [-0.3, -0.25) is 0 Å². The van der Waals surface area contributed by atoms with Crippen LogP contribution in [0.15, 0.2) is 0 Å². The molecule has 0 aromatic carbocycles. The molecule has 1 aliphatic rings. The fourth-order valence-corrected chi connectivity index (χ4v) is 2.38. The average Bonchev–Trinajstić information content (AvgIpc) is 2.18. The first-order valence-electron chi connectivity index (χ1n) is 6.33. The zero-order chi connectivity index (χ0) is 11.1. The van der Waals surface area contributed by atoms with E-state index in [1.165, 1.54) is 38.9 Å².